The lowest BCUT2D eigenvalue weighted by Crippen LogP contribution is -2.42. The van der Waals surface area contributed by atoms with Crippen LogP contribution in [-0.4, -0.2) is 22.1 Å². The van der Waals surface area contributed by atoms with Crippen molar-refractivity contribution in [3.8, 4) is 5.75 Å². The van der Waals surface area contributed by atoms with Crippen LogP contribution in [-0.2, 0) is 17.9 Å². The van der Waals surface area contributed by atoms with Crippen LogP contribution in [0.3, 0.4) is 0 Å². The van der Waals surface area contributed by atoms with E-state index in [0.29, 0.717) is 11.5 Å². The van der Waals surface area contributed by atoms with Gasteiger partial charge in [-0.2, -0.15) is 0 Å². The summed E-state index contributed by atoms with van der Waals surface area (Å²) >= 11 is 0. The highest BCUT2D eigenvalue weighted by Crippen LogP contribution is 2.22. The fourth-order valence-corrected chi connectivity index (χ4v) is 3.55. The molecule has 0 atom stereocenters. The van der Waals surface area contributed by atoms with Crippen LogP contribution in [0.5, 0.6) is 5.75 Å². The molecule has 4 aromatic rings. The lowest BCUT2D eigenvalue weighted by atomic mass is 10.2. The van der Waals surface area contributed by atoms with Crippen molar-refractivity contribution in [2.24, 2.45) is 0 Å². The van der Waals surface area contributed by atoms with Crippen molar-refractivity contribution in [3.05, 3.63) is 111 Å². The van der Waals surface area contributed by atoms with E-state index in [1.165, 1.54) is 15.7 Å². The SMILES string of the molecule is Cc1ccccc1OCC(=O)N(Cc1ccco1)c1c(N)n(Cc2ccccc2)c(=O)[nH]c1=O. The molecule has 2 heterocycles. The summed E-state index contributed by atoms with van der Waals surface area (Å²) in [4.78, 5) is 42.1. The first-order chi connectivity index (χ1) is 16.4. The van der Waals surface area contributed by atoms with Crippen molar-refractivity contribution in [3.63, 3.8) is 0 Å². The number of aryl methyl sites for hydroxylation is 1. The highest BCUT2D eigenvalue weighted by molar-refractivity contribution is 5.96. The molecule has 3 N–H and O–H groups in total. The predicted octanol–water partition coefficient (Wildman–Crippen LogP) is 2.68. The van der Waals surface area contributed by atoms with Crippen LogP contribution in [0.25, 0.3) is 0 Å². The van der Waals surface area contributed by atoms with Crippen molar-refractivity contribution >= 4 is 17.4 Å². The molecule has 2 aromatic heterocycles. The van der Waals surface area contributed by atoms with Crippen LogP contribution in [0.2, 0.25) is 0 Å². The van der Waals surface area contributed by atoms with Crippen LogP contribution in [0.1, 0.15) is 16.9 Å². The van der Waals surface area contributed by atoms with E-state index in [-0.39, 0.29) is 31.2 Å². The quantitative estimate of drug-likeness (QED) is 0.417. The van der Waals surface area contributed by atoms with Crippen molar-refractivity contribution in [2.45, 2.75) is 20.0 Å². The highest BCUT2D eigenvalue weighted by Gasteiger charge is 2.26. The number of nitrogens with one attached hydrogen (secondary N) is 1. The molecule has 0 saturated carbocycles. The number of nitrogens with zero attached hydrogens (tertiary/aromatic N) is 2. The van der Waals surface area contributed by atoms with E-state index < -0.39 is 17.2 Å². The van der Waals surface area contributed by atoms with E-state index in [0.717, 1.165) is 11.1 Å². The maximum Gasteiger partial charge on any atom is 0.330 e. The van der Waals surface area contributed by atoms with E-state index in [1.807, 2.05) is 49.4 Å². The number of benzene rings is 2. The second-order valence-corrected chi connectivity index (χ2v) is 7.68. The third kappa shape index (κ3) is 4.93. The Bertz CT molecular complexity index is 1390. The maximum absolute atomic E-state index is 13.3. The number of rotatable bonds is 8. The molecule has 34 heavy (non-hydrogen) atoms. The number of carbonyl (C=O) groups excluding carboxylic acids is 1. The van der Waals surface area contributed by atoms with Gasteiger partial charge in [-0.3, -0.25) is 24.0 Å². The molecule has 0 unspecified atom stereocenters. The number of hydrogen-bond donors (Lipinski definition) is 2. The van der Waals surface area contributed by atoms with Crippen LogP contribution >= 0.6 is 0 Å². The second kappa shape index (κ2) is 9.95. The van der Waals surface area contributed by atoms with Gasteiger partial charge in [0, 0.05) is 0 Å². The number of furan rings is 1. The van der Waals surface area contributed by atoms with Crippen molar-refractivity contribution in [2.75, 3.05) is 17.2 Å². The largest absolute Gasteiger partial charge is 0.483 e. The Morgan fingerprint density at radius 1 is 1.06 bits per heavy atom. The smallest absolute Gasteiger partial charge is 0.330 e. The molecule has 0 spiro atoms. The van der Waals surface area contributed by atoms with E-state index in [4.69, 9.17) is 14.9 Å². The van der Waals surface area contributed by atoms with Gasteiger partial charge >= 0.3 is 5.69 Å². The zero-order valence-electron chi connectivity index (χ0n) is 18.6. The maximum atomic E-state index is 13.3. The van der Waals surface area contributed by atoms with Gasteiger partial charge in [-0.15, -0.1) is 0 Å². The number of amides is 1. The topological polar surface area (TPSA) is 124 Å². The molecular formula is C25H24N4O5. The number of ether oxygens (including phenoxy) is 1. The van der Waals surface area contributed by atoms with Gasteiger partial charge in [0.2, 0.25) is 0 Å². The molecular weight excluding hydrogens is 436 g/mol. The van der Waals surface area contributed by atoms with Crippen molar-refractivity contribution < 1.29 is 13.9 Å². The molecule has 0 radical (unpaired) electrons. The second-order valence-electron chi connectivity index (χ2n) is 7.68. The predicted molar refractivity (Wildman–Crippen MR) is 128 cm³/mol. The highest BCUT2D eigenvalue weighted by atomic mass is 16.5. The minimum atomic E-state index is -0.775. The monoisotopic (exact) mass is 460 g/mol. The third-order valence-electron chi connectivity index (χ3n) is 5.31. The molecule has 0 fully saturated rings. The minimum absolute atomic E-state index is 0.0697. The van der Waals surface area contributed by atoms with Gasteiger partial charge in [-0.05, 0) is 36.2 Å². The molecule has 0 aliphatic carbocycles. The molecule has 9 heteroatoms. The van der Waals surface area contributed by atoms with E-state index >= 15 is 0 Å². The molecule has 0 bridgehead atoms. The summed E-state index contributed by atoms with van der Waals surface area (Å²) in [6.45, 7) is 1.57. The summed E-state index contributed by atoms with van der Waals surface area (Å²) in [5.41, 5.74) is 6.39. The number of para-hydroxylation sites is 1. The molecule has 1 amide bonds. The van der Waals surface area contributed by atoms with Gasteiger partial charge in [0.25, 0.3) is 11.5 Å². The third-order valence-corrected chi connectivity index (χ3v) is 5.31. The lowest BCUT2D eigenvalue weighted by molar-refractivity contribution is -0.120. The Hall–Kier alpha value is -4.53. The Balaban J connectivity index is 1.71. The number of H-pyrrole nitrogens is 1. The fraction of sp³-hybridized carbons (Fsp3) is 0.160. The molecule has 0 aliphatic heterocycles. The number of anilines is 2. The number of nitrogens with two attached hydrogens (primary N) is 1. The first-order valence-electron chi connectivity index (χ1n) is 10.6. The molecule has 9 nitrogen and oxygen atoms in total. The van der Waals surface area contributed by atoms with Gasteiger partial charge in [0.05, 0.1) is 19.4 Å². The molecule has 0 saturated heterocycles. The Labute approximate surface area is 195 Å². The van der Waals surface area contributed by atoms with Crippen LogP contribution in [0.15, 0.2) is 87.0 Å². The molecule has 4 rings (SSSR count). The lowest BCUT2D eigenvalue weighted by Gasteiger charge is -2.24. The average molecular weight is 460 g/mol. The zero-order chi connectivity index (χ0) is 24.1. The van der Waals surface area contributed by atoms with E-state index in [9.17, 15) is 14.4 Å². The number of carbonyl (C=O) groups is 1. The fourth-order valence-electron chi connectivity index (χ4n) is 3.55. The van der Waals surface area contributed by atoms with Crippen LogP contribution in [0, 0.1) is 6.92 Å². The van der Waals surface area contributed by atoms with Crippen LogP contribution < -0.4 is 26.6 Å². The molecule has 174 valence electrons. The van der Waals surface area contributed by atoms with Gasteiger partial charge < -0.3 is 14.9 Å². The van der Waals surface area contributed by atoms with Gasteiger partial charge in [0.15, 0.2) is 12.3 Å². The summed E-state index contributed by atoms with van der Waals surface area (Å²) in [5, 5.41) is 0. The average Bonchev–Trinajstić information content (AvgIpc) is 3.34. The standard InChI is InChI=1S/C25H24N4O5/c1-17-8-5-6-12-20(17)34-16-21(30)28(15-19-11-7-13-33-19)22-23(26)29(25(32)27-24(22)31)14-18-9-3-2-4-10-18/h2-13H,14-16,26H2,1H3,(H,27,31,32). The Morgan fingerprint density at radius 3 is 2.50 bits per heavy atom. The summed E-state index contributed by atoms with van der Waals surface area (Å²) in [5.74, 6) is 0.323. The normalized spacial score (nSPS) is 10.7. The number of aromatic amines is 1. The van der Waals surface area contributed by atoms with E-state index in [1.54, 1.807) is 24.3 Å². The van der Waals surface area contributed by atoms with Crippen molar-refractivity contribution in [1.82, 2.24) is 9.55 Å². The number of hydrogen-bond acceptors (Lipinski definition) is 6. The summed E-state index contributed by atoms with van der Waals surface area (Å²) in [6.07, 6.45) is 1.46. The first-order valence-corrected chi connectivity index (χ1v) is 10.6. The molecule has 2 aromatic carbocycles. The van der Waals surface area contributed by atoms with Gasteiger partial charge in [0.1, 0.15) is 17.3 Å². The zero-order valence-corrected chi connectivity index (χ0v) is 18.6. The van der Waals surface area contributed by atoms with Crippen molar-refractivity contribution in [1.29, 1.82) is 0 Å². The summed E-state index contributed by atoms with van der Waals surface area (Å²) in [7, 11) is 0. The minimum Gasteiger partial charge on any atom is -0.483 e. The van der Waals surface area contributed by atoms with Gasteiger partial charge in [-0.25, -0.2) is 4.79 Å². The van der Waals surface area contributed by atoms with E-state index in [2.05, 4.69) is 4.98 Å². The first kappa shape index (κ1) is 22.7. The van der Waals surface area contributed by atoms with Crippen LogP contribution in [0.4, 0.5) is 11.5 Å². The van der Waals surface area contributed by atoms with Gasteiger partial charge in [-0.1, -0.05) is 48.5 Å². The summed E-state index contributed by atoms with van der Waals surface area (Å²) in [6, 6.07) is 19.8. The Kier molecular flexibility index (Phi) is 6.63. The molecule has 0 aliphatic rings. The number of nitrogen functional groups attached to an aromatic ring is 1. The summed E-state index contributed by atoms with van der Waals surface area (Å²) < 4.78 is 12.3. The Morgan fingerprint density at radius 2 is 1.79 bits per heavy atom. The number of aromatic nitrogens is 2.